The topological polar surface area (TPSA) is 66.4 Å². The van der Waals surface area contributed by atoms with Crippen LogP contribution in [-0.4, -0.2) is 17.0 Å². The molecule has 1 amide bonds. The number of benzene rings is 1. The zero-order valence-corrected chi connectivity index (χ0v) is 10.5. The molecule has 0 spiro atoms. The van der Waals surface area contributed by atoms with Crippen LogP contribution < -0.4 is 5.32 Å². The first-order valence-corrected chi connectivity index (χ1v) is 5.76. The first-order valence-electron chi connectivity index (χ1n) is 5.76. The Morgan fingerprint density at radius 1 is 1.29 bits per heavy atom. The number of carboxylic acid groups (broad SMARTS) is 1. The number of carbonyl (C=O) groups is 2. The Morgan fingerprint density at radius 3 is 2.47 bits per heavy atom. The number of amides is 1. The Balaban J connectivity index is 0.00000121. The molecule has 0 aliphatic rings. The lowest BCUT2D eigenvalue weighted by molar-refractivity contribution is -0.116. The summed E-state index contributed by atoms with van der Waals surface area (Å²) in [4.78, 5) is 21.9. The average Bonchev–Trinajstić information content (AvgIpc) is 2.32. The van der Waals surface area contributed by atoms with E-state index < -0.39 is 5.97 Å². The molecule has 0 aromatic heterocycles. The van der Waals surface area contributed by atoms with Gasteiger partial charge in [0.25, 0.3) is 0 Å². The summed E-state index contributed by atoms with van der Waals surface area (Å²) in [5, 5.41) is 11.4. The van der Waals surface area contributed by atoms with E-state index in [1.54, 1.807) is 12.1 Å². The first-order chi connectivity index (χ1) is 8.13. The third-order valence-electron chi connectivity index (χ3n) is 1.87. The molecule has 0 heterocycles. The molecule has 0 saturated carbocycles. The van der Waals surface area contributed by atoms with Crippen molar-refractivity contribution in [3.8, 4) is 0 Å². The first kappa shape index (κ1) is 15.2. The number of nitrogens with one attached hydrogen (secondary N) is 1. The van der Waals surface area contributed by atoms with Crippen molar-refractivity contribution in [2.45, 2.75) is 33.6 Å². The predicted molar refractivity (Wildman–Crippen MR) is 68.3 cm³/mol. The molecule has 17 heavy (non-hydrogen) atoms. The van der Waals surface area contributed by atoms with E-state index >= 15 is 0 Å². The largest absolute Gasteiger partial charge is 0.478 e. The summed E-state index contributed by atoms with van der Waals surface area (Å²) in [6, 6.07) is 6.19. The van der Waals surface area contributed by atoms with Crippen LogP contribution in [0.25, 0.3) is 0 Å². The summed E-state index contributed by atoms with van der Waals surface area (Å²) in [7, 11) is 0. The normalized spacial score (nSPS) is 8.88. The maximum absolute atomic E-state index is 11.2. The highest BCUT2D eigenvalue weighted by atomic mass is 16.4. The Labute approximate surface area is 102 Å². The minimum atomic E-state index is -0.999. The molecule has 0 unspecified atom stereocenters. The van der Waals surface area contributed by atoms with Crippen LogP contribution in [0.2, 0.25) is 0 Å². The second-order valence-corrected chi connectivity index (χ2v) is 3.18. The van der Waals surface area contributed by atoms with Crippen LogP contribution in [0.3, 0.4) is 0 Å². The Hall–Kier alpha value is -1.84. The fourth-order valence-corrected chi connectivity index (χ4v) is 1.18. The van der Waals surface area contributed by atoms with Gasteiger partial charge < -0.3 is 10.4 Å². The number of carbonyl (C=O) groups excluding carboxylic acids is 1. The van der Waals surface area contributed by atoms with Crippen LogP contribution in [-0.2, 0) is 4.79 Å². The quantitative estimate of drug-likeness (QED) is 0.845. The number of rotatable bonds is 4. The Bertz CT molecular complexity index is 375. The zero-order valence-electron chi connectivity index (χ0n) is 10.5. The molecule has 0 saturated heterocycles. The lowest BCUT2D eigenvalue weighted by Gasteiger charge is -2.04. The zero-order chi connectivity index (χ0) is 13.3. The Kier molecular flexibility index (Phi) is 7.43. The van der Waals surface area contributed by atoms with Gasteiger partial charge in [-0.25, -0.2) is 4.79 Å². The van der Waals surface area contributed by atoms with Gasteiger partial charge in [-0.3, -0.25) is 4.79 Å². The molecule has 4 nitrogen and oxygen atoms in total. The smallest absolute Gasteiger partial charge is 0.335 e. The molecule has 0 aliphatic carbocycles. The van der Waals surface area contributed by atoms with Crippen LogP contribution in [0.15, 0.2) is 24.3 Å². The van der Waals surface area contributed by atoms with E-state index in [2.05, 4.69) is 5.32 Å². The SMILES string of the molecule is CC.CCCC(=O)Nc1cccc(C(=O)O)c1. The fraction of sp³-hybridized carbons (Fsp3) is 0.385. The van der Waals surface area contributed by atoms with Crippen molar-refractivity contribution in [2.75, 3.05) is 5.32 Å². The molecule has 2 N–H and O–H groups in total. The highest BCUT2D eigenvalue weighted by molar-refractivity contribution is 5.93. The van der Waals surface area contributed by atoms with Crippen molar-refractivity contribution in [3.63, 3.8) is 0 Å². The highest BCUT2D eigenvalue weighted by Gasteiger charge is 2.05. The second kappa shape index (κ2) is 8.33. The van der Waals surface area contributed by atoms with Crippen LogP contribution >= 0.6 is 0 Å². The van der Waals surface area contributed by atoms with E-state index in [1.165, 1.54) is 12.1 Å². The van der Waals surface area contributed by atoms with Crippen LogP contribution in [0.5, 0.6) is 0 Å². The maximum Gasteiger partial charge on any atom is 0.335 e. The molecule has 94 valence electrons. The van der Waals surface area contributed by atoms with E-state index in [0.29, 0.717) is 12.1 Å². The molecule has 0 atom stereocenters. The standard InChI is InChI=1S/C11H13NO3.C2H6/c1-2-4-10(13)12-9-6-3-5-8(7-9)11(14)15;1-2/h3,5-7H,2,4H2,1H3,(H,12,13)(H,14,15);1-2H3. The minimum absolute atomic E-state index is 0.0972. The third-order valence-corrected chi connectivity index (χ3v) is 1.87. The van der Waals surface area contributed by atoms with Gasteiger partial charge in [0, 0.05) is 12.1 Å². The van der Waals surface area contributed by atoms with Crippen molar-refractivity contribution in [1.29, 1.82) is 0 Å². The summed E-state index contributed by atoms with van der Waals surface area (Å²) in [5.74, 6) is -1.10. The molecule has 1 aromatic carbocycles. The van der Waals surface area contributed by atoms with E-state index in [9.17, 15) is 9.59 Å². The number of anilines is 1. The molecule has 0 radical (unpaired) electrons. The van der Waals surface area contributed by atoms with Gasteiger partial charge in [0.15, 0.2) is 0 Å². The maximum atomic E-state index is 11.2. The van der Waals surface area contributed by atoms with Gasteiger partial charge in [0.1, 0.15) is 0 Å². The number of aromatic carboxylic acids is 1. The van der Waals surface area contributed by atoms with Gasteiger partial charge in [-0.05, 0) is 24.6 Å². The highest BCUT2D eigenvalue weighted by Crippen LogP contribution is 2.11. The predicted octanol–water partition coefficient (Wildman–Crippen LogP) is 3.15. The van der Waals surface area contributed by atoms with Crippen molar-refractivity contribution in [3.05, 3.63) is 29.8 Å². The van der Waals surface area contributed by atoms with Gasteiger partial charge in [-0.15, -0.1) is 0 Å². The summed E-state index contributed by atoms with van der Waals surface area (Å²) < 4.78 is 0. The number of hydrogen-bond acceptors (Lipinski definition) is 2. The average molecular weight is 237 g/mol. The molecule has 0 fully saturated rings. The monoisotopic (exact) mass is 237 g/mol. The molecule has 1 rings (SSSR count). The summed E-state index contributed by atoms with van der Waals surface area (Å²) in [6.07, 6.45) is 1.21. The summed E-state index contributed by atoms with van der Waals surface area (Å²) in [6.45, 7) is 5.91. The molecule has 1 aromatic rings. The fourth-order valence-electron chi connectivity index (χ4n) is 1.18. The Morgan fingerprint density at radius 2 is 1.94 bits per heavy atom. The third kappa shape index (κ3) is 5.70. The van der Waals surface area contributed by atoms with Crippen molar-refractivity contribution in [2.24, 2.45) is 0 Å². The van der Waals surface area contributed by atoms with Gasteiger partial charge in [0.2, 0.25) is 5.91 Å². The van der Waals surface area contributed by atoms with E-state index in [-0.39, 0.29) is 11.5 Å². The molecule has 0 bridgehead atoms. The summed E-state index contributed by atoms with van der Waals surface area (Å²) >= 11 is 0. The van der Waals surface area contributed by atoms with Gasteiger partial charge in [-0.2, -0.15) is 0 Å². The van der Waals surface area contributed by atoms with Crippen molar-refractivity contribution in [1.82, 2.24) is 0 Å². The van der Waals surface area contributed by atoms with E-state index in [1.807, 2.05) is 20.8 Å². The number of carboxylic acids is 1. The van der Waals surface area contributed by atoms with Crippen LogP contribution in [0.1, 0.15) is 44.0 Å². The minimum Gasteiger partial charge on any atom is -0.478 e. The van der Waals surface area contributed by atoms with E-state index in [0.717, 1.165) is 6.42 Å². The molecular weight excluding hydrogens is 218 g/mol. The molecule has 4 heteroatoms. The van der Waals surface area contributed by atoms with Gasteiger partial charge in [-0.1, -0.05) is 26.8 Å². The van der Waals surface area contributed by atoms with Gasteiger partial charge in [0.05, 0.1) is 5.56 Å². The second-order valence-electron chi connectivity index (χ2n) is 3.18. The lowest BCUT2D eigenvalue weighted by Crippen LogP contribution is -2.11. The molecular formula is C13H19NO3. The van der Waals surface area contributed by atoms with Crippen LogP contribution in [0, 0.1) is 0 Å². The van der Waals surface area contributed by atoms with Gasteiger partial charge >= 0.3 is 5.97 Å². The van der Waals surface area contributed by atoms with Crippen molar-refractivity contribution < 1.29 is 14.7 Å². The molecule has 0 aliphatic heterocycles. The summed E-state index contributed by atoms with van der Waals surface area (Å²) in [5.41, 5.74) is 0.692. The van der Waals surface area contributed by atoms with E-state index in [4.69, 9.17) is 5.11 Å². The lowest BCUT2D eigenvalue weighted by atomic mass is 10.2. The number of hydrogen-bond donors (Lipinski definition) is 2. The van der Waals surface area contributed by atoms with Crippen LogP contribution in [0.4, 0.5) is 5.69 Å². The van der Waals surface area contributed by atoms with Crippen molar-refractivity contribution >= 4 is 17.6 Å².